The molecule has 2 N–H and O–H groups in total. The third kappa shape index (κ3) is 4.43. The quantitative estimate of drug-likeness (QED) is 0.556. The SMILES string of the molecule is O=C(c1ccc(-c2ccc(Cl)cc2)cc1)C1CC[C@@H](Cn2ccc(=O)[nH]c2=O)C1C(=O)O. The molecule has 2 unspecified atom stereocenters. The Hall–Kier alpha value is -3.45. The molecule has 0 radical (unpaired) electrons. The number of aromatic amines is 1. The number of Topliss-reactive ketones (excluding diaryl/α,β-unsaturated/α-hetero) is 1. The number of benzene rings is 2. The fraction of sp³-hybridized carbons (Fsp3) is 0.250. The van der Waals surface area contributed by atoms with Gasteiger partial charge >= 0.3 is 11.7 Å². The minimum Gasteiger partial charge on any atom is -0.481 e. The Morgan fingerprint density at radius 3 is 2.19 bits per heavy atom. The van der Waals surface area contributed by atoms with Crippen LogP contribution in [0.4, 0.5) is 0 Å². The number of aromatic nitrogens is 2. The number of carbonyl (C=O) groups excluding carboxylic acids is 1. The second kappa shape index (κ2) is 8.96. The lowest BCUT2D eigenvalue weighted by atomic mass is 9.84. The van der Waals surface area contributed by atoms with E-state index in [1.54, 1.807) is 24.3 Å². The molecule has 164 valence electrons. The molecule has 32 heavy (non-hydrogen) atoms. The highest BCUT2D eigenvalue weighted by atomic mass is 35.5. The van der Waals surface area contributed by atoms with E-state index in [0.717, 1.165) is 11.1 Å². The highest BCUT2D eigenvalue weighted by Crippen LogP contribution is 2.40. The number of aliphatic carboxylic acids is 1. The third-order valence-corrected chi connectivity index (χ3v) is 6.34. The summed E-state index contributed by atoms with van der Waals surface area (Å²) in [5.41, 5.74) is 1.25. The lowest BCUT2D eigenvalue weighted by molar-refractivity contribution is -0.144. The van der Waals surface area contributed by atoms with Crippen molar-refractivity contribution in [3.63, 3.8) is 0 Å². The van der Waals surface area contributed by atoms with Crippen LogP contribution in [-0.2, 0) is 11.3 Å². The first kappa shape index (κ1) is 21.8. The zero-order valence-electron chi connectivity index (χ0n) is 17.0. The van der Waals surface area contributed by atoms with Crippen molar-refractivity contribution in [3.8, 4) is 11.1 Å². The number of carboxylic acid groups (broad SMARTS) is 1. The number of halogens is 1. The predicted octanol–water partition coefficient (Wildman–Crippen LogP) is 3.47. The van der Waals surface area contributed by atoms with Crippen molar-refractivity contribution in [2.24, 2.45) is 17.8 Å². The molecule has 0 spiro atoms. The van der Waals surface area contributed by atoms with Crippen molar-refractivity contribution in [2.75, 3.05) is 0 Å². The van der Waals surface area contributed by atoms with Crippen LogP contribution in [0.1, 0.15) is 23.2 Å². The molecule has 4 rings (SSSR count). The molecule has 1 saturated carbocycles. The lowest BCUT2D eigenvalue weighted by Crippen LogP contribution is -2.35. The zero-order valence-corrected chi connectivity index (χ0v) is 17.8. The maximum Gasteiger partial charge on any atom is 0.328 e. The average molecular weight is 453 g/mol. The Kier molecular flexibility index (Phi) is 6.10. The second-order valence-corrected chi connectivity index (χ2v) is 8.46. The van der Waals surface area contributed by atoms with Crippen LogP contribution in [0.5, 0.6) is 0 Å². The minimum atomic E-state index is -1.05. The normalized spacial score (nSPS) is 20.2. The van der Waals surface area contributed by atoms with Gasteiger partial charge in [0.05, 0.1) is 5.92 Å². The summed E-state index contributed by atoms with van der Waals surface area (Å²) >= 11 is 5.93. The van der Waals surface area contributed by atoms with Gasteiger partial charge in [0.15, 0.2) is 5.78 Å². The fourth-order valence-corrected chi connectivity index (χ4v) is 4.60. The van der Waals surface area contributed by atoms with Crippen LogP contribution in [0.2, 0.25) is 5.02 Å². The van der Waals surface area contributed by atoms with Gasteiger partial charge in [0.25, 0.3) is 5.56 Å². The van der Waals surface area contributed by atoms with Crippen LogP contribution in [0.15, 0.2) is 70.4 Å². The molecular formula is C24H21ClN2O5. The minimum absolute atomic E-state index is 0.131. The van der Waals surface area contributed by atoms with Crippen LogP contribution in [0.25, 0.3) is 11.1 Å². The van der Waals surface area contributed by atoms with E-state index >= 15 is 0 Å². The van der Waals surface area contributed by atoms with Crippen molar-refractivity contribution in [1.29, 1.82) is 0 Å². The van der Waals surface area contributed by atoms with Crippen LogP contribution >= 0.6 is 11.6 Å². The molecular weight excluding hydrogens is 432 g/mol. The summed E-state index contributed by atoms with van der Waals surface area (Å²) in [6.45, 7) is 0.131. The lowest BCUT2D eigenvalue weighted by Gasteiger charge is -2.21. The van der Waals surface area contributed by atoms with Crippen molar-refractivity contribution < 1.29 is 14.7 Å². The van der Waals surface area contributed by atoms with Gasteiger partial charge in [-0.3, -0.25) is 19.4 Å². The number of H-pyrrole nitrogens is 1. The third-order valence-electron chi connectivity index (χ3n) is 6.09. The zero-order chi connectivity index (χ0) is 22.8. The molecule has 3 aromatic rings. The number of carboxylic acids is 1. The van der Waals surface area contributed by atoms with E-state index in [-0.39, 0.29) is 12.3 Å². The van der Waals surface area contributed by atoms with Crippen LogP contribution < -0.4 is 11.2 Å². The second-order valence-electron chi connectivity index (χ2n) is 8.02. The van der Waals surface area contributed by atoms with Crippen molar-refractivity contribution in [1.82, 2.24) is 9.55 Å². The van der Waals surface area contributed by atoms with Crippen molar-refractivity contribution in [3.05, 3.63) is 92.2 Å². The molecule has 0 saturated heterocycles. The summed E-state index contributed by atoms with van der Waals surface area (Å²) in [6.07, 6.45) is 2.28. The molecule has 3 atom stereocenters. The van der Waals surface area contributed by atoms with Gasteiger partial charge in [-0.2, -0.15) is 0 Å². The standard InChI is InChI=1S/C24H21ClN2O5/c25-18-8-5-15(6-9-18)14-1-3-16(4-2-14)22(29)19-10-7-17(21(19)23(30)31)13-27-12-11-20(28)26-24(27)32/h1-6,8-9,11-12,17,19,21H,7,10,13H2,(H,30,31)(H,26,28,32)/t17-,19?,21?/m0/s1. The van der Waals surface area contributed by atoms with Gasteiger partial charge in [-0.05, 0) is 42.0 Å². The van der Waals surface area contributed by atoms with E-state index < -0.39 is 35.0 Å². The molecule has 7 nitrogen and oxygen atoms in total. The first-order valence-corrected chi connectivity index (χ1v) is 10.6. The van der Waals surface area contributed by atoms with Crippen LogP contribution in [-0.4, -0.2) is 26.4 Å². The summed E-state index contributed by atoms with van der Waals surface area (Å²) < 4.78 is 1.29. The number of nitrogens with zero attached hydrogens (tertiary/aromatic N) is 1. The smallest absolute Gasteiger partial charge is 0.328 e. The Morgan fingerprint density at radius 1 is 0.969 bits per heavy atom. The number of ketones is 1. The Labute approximate surface area is 188 Å². The average Bonchev–Trinajstić information content (AvgIpc) is 3.20. The highest BCUT2D eigenvalue weighted by Gasteiger charge is 2.44. The fourth-order valence-electron chi connectivity index (χ4n) is 4.48. The van der Waals surface area contributed by atoms with E-state index in [1.165, 1.54) is 16.8 Å². The Bertz CT molecular complexity index is 1260. The van der Waals surface area contributed by atoms with Crippen LogP contribution in [0, 0.1) is 17.8 Å². The number of hydrogen-bond donors (Lipinski definition) is 2. The van der Waals surface area contributed by atoms with Crippen molar-refractivity contribution >= 4 is 23.4 Å². The maximum absolute atomic E-state index is 13.2. The number of carbonyl (C=O) groups is 2. The van der Waals surface area contributed by atoms with Gasteiger partial charge in [-0.25, -0.2) is 4.79 Å². The Balaban J connectivity index is 1.53. The van der Waals surface area contributed by atoms with Gasteiger partial charge < -0.3 is 9.67 Å². The largest absolute Gasteiger partial charge is 0.481 e. The maximum atomic E-state index is 13.2. The number of rotatable bonds is 6. The molecule has 0 amide bonds. The number of hydrogen-bond acceptors (Lipinski definition) is 4. The number of nitrogens with one attached hydrogen (secondary N) is 1. The van der Waals surface area contributed by atoms with Crippen molar-refractivity contribution in [2.45, 2.75) is 19.4 Å². The van der Waals surface area contributed by atoms with Crippen LogP contribution in [0.3, 0.4) is 0 Å². The molecule has 0 aliphatic heterocycles. The molecule has 1 aliphatic rings. The summed E-state index contributed by atoms with van der Waals surface area (Å²) in [6, 6.07) is 15.7. The van der Waals surface area contributed by atoms with Gasteiger partial charge in [-0.1, -0.05) is 48.0 Å². The Morgan fingerprint density at radius 2 is 1.59 bits per heavy atom. The van der Waals surface area contributed by atoms with Gasteiger partial charge in [0.1, 0.15) is 0 Å². The summed E-state index contributed by atoms with van der Waals surface area (Å²) in [5.74, 6) is -3.23. The summed E-state index contributed by atoms with van der Waals surface area (Å²) in [7, 11) is 0. The molecule has 0 bridgehead atoms. The topological polar surface area (TPSA) is 109 Å². The van der Waals surface area contributed by atoms with E-state index in [9.17, 15) is 24.3 Å². The van der Waals surface area contributed by atoms with E-state index in [1.807, 2.05) is 24.3 Å². The summed E-state index contributed by atoms with van der Waals surface area (Å²) in [5, 5.41) is 10.5. The molecule has 8 heteroatoms. The van der Waals surface area contributed by atoms with E-state index in [0.29, 0.717) is 23.4 Å². The highest BCUT2D eigenvalue weighted by molar-refractivity contribution is 6.30. The molecule has 1 aromatic heterocycles. The van der Waals surface area contributed by atoms with Gasteiger partial charge in [0.2, 0.25) is 0 Å². The van der Waals surface area contributed by atoms with E-state index in [2.05, 4.69) is 4.98 Å². The van der Waals surface area contributed by atoms with E-state index in [4.69, 9.17) is 11.6 Å². The monoisotopic (exact) mass is 452 g/mol. The van der Waals surface area contributed by atoms with Gasteiger partial charge in [0, 0.05) is 35.3 Å². The first-order valence-electron chi connectivity index (χ1n) is 10.3. The first-order chi connectivity index (χ1) is 15.3. The molecule has 1 fully saturated rings. The van der Waals surface area contributed by atoms with Gasteiger partial charge in [-0.15, -0.1) is 0 Å². The molecule has 2 aromatic carbocycles. The molecule has 1 heterocycles. The molecule has 1 aliphatic carbocycles. The summed E-state index contributed by atoms with van der Waals surface area (Å²) in [4.78, 5) is 50.6. The predicted molar refractivity (Wildman–Crippen MR) is 120 cm³/mol.